The number of halogens is 1. The van der Waals surface area contributed by atoms with Crippen molar-refractivity contribution in [2.75, 3.05) is 6.79 Å². The molecule has 3 aliphatic heterocycles. The Morgan fingerprint density at radius 1 is 0.879 bits per heavy atom. The Labute approximate surface area is 200 Å². The summed E-state index contributed by atoms with van der Waals surface area (Å²) in [5.74, 6) is 2.49. The van der Waals surface area contributed by atoms with Gasteiger partial charge >= 0.3 is 0 Å². The van der Waals surface area contributed by atoms with Crippen LogP contribution in [0.25, 0.3) is 22.6 Å². The Morgan fingerprint density at radius 3 is 2.55 bits per heavy atom. The second-order valence-electron chi connectivity index (χ2n) is 7.77. The first-order valence-corrected chi connectivity index (χ1v) is 11.9. The van der Waals surface area contributed by atoms with E-state index in [-0.39, 0.29) is 6.79 Å². The molecule has 164 valence electrons. The average Bonchev–Trinajstić information content (AvgIpc) is 3.59. The van der Waals surface area contributed by atoms with E-state index in [1.807, 2.05) is 54.6 Å². The predicted octanol–water partition coefficient (Wildman–Crippen LogP) is 6.69. The van der Waals surface area contributed by atoms with Crippen molar-refractivity contribution < 1.29 is 9.47 Å². The van der Waals surface area contributed by atoms with Crippen LogP contribution in [0.1, 0.15) is 0 Å². The Balaban J connectivity index is 1.44. The van der Waals surface area contributed by atoms with Gasteiger partial charge in [-0.1, -0.05) is 23.4 Å². The molecule has 0 fully saturated rings. The third-order valence-corrected chi connectivity index (χ3v) is 7.04. The number of pyridine rings is 1. The molecular formula is C26H20ClN3O2S. The van der Waals surface area contributed by atoms with E-state index in [9.17, 15) is 0 Å². The minimum absolute atomic E-state index is 0.251. The van der Waals surface area contributed by atoms with Gasteiger partial charge in [0, 0.05) is 57.6 Å². The summed E-state index contributed by atoms with van der Waals surface area (Å²) in [6.07, 6.45) is 6.26. The van der Waals surface area contributed by atoms with Crippen molar-refractivity contribution in [3.8, 4) is 34.1 Å². The van der Waals surface area contributed by atoms with Crippen LogP contribution >= 0.6 is 23.4 Å². The zero-order chi connectivity index (χ0) is 22.2. The fourth-order valence-electron chi connectivity index (χ4n) is 4.02. The number of aryl methyl sites for hydroxylation is 2. The third kappa shape index (κ3) is 3.96. The van der Waals surface area contributed by atoms with Crippen LogP contribution in [0.3, 0.4) is 0 Å². The number of rotatable bonds is 6. The molecule has 0 aliphatic carbocycles. The summed E-state index contributed by atoms with van der Waals surface area (Å²) < 4.78 is 15.5. The van der Waals surface area contributed by atoms with Crippen LogP contribution in [-0.2, 0) is 13.1 Å². The molecule has 0 saturated heterocycles. The monoisotopic (exact) mass is 473 g/mol. The second-order valence-corrected chi connectivity index (χ2v) is 9.29. The number of hydrogen-bond donors (Lipinski definition) is 0. The zero-order valence-electron chi connectivity index (χ0n) is 17.6. The fourth-order valence-corrected chi connectivity index (χ4v) is 5.18. The van der Waals surface area contributed by atoms with Gasteiger partial charge in [0.05, 0.1) is 5.69 Å². The first-order valence-electron chi connectivity index (χ1n) is 10.7. The number of benzene rings is 2. The van der Waals surface area contributed by atoms with E-state index in [0.29, 0.717) is 0 Å². The Hall–Kier alpha value is -3.35. The van der Waals surface area contributed by atoms with E-state index in [0.717, 1.165) is 62.0 Å². The van der Waals surface area contributed by atoms with Gasteiger partial charge in [-0.05, 0) is 66.7 Å². The Bertz CT molecular complexity index is 1380. The van der Waals surface area contributed by atoms with Gasteiger partial charge in [0.25, 0.3) is 0 Å². The summed E-state index contributed by atoms with van der Waals surface area (Å²) >= 11 is 7.82. The van der Waals surface area contributed by atoms with Gasteiger partial charge in [0.2, 0.25) is 6.79 Å². The van der Waals surface area contributed by atoms with Crippen LogP contribution < -0.4 is 9.47 Å². The van der Waals surface area contributed by atoms with Crippen molar-refractivity contribution in [3.05, 3.63) is 90.3 Å². The number of aromatic nitrogens is 3. The molecule has 3 aliphatic rings. The summed E-state index contributed by atoms with van der Waals surface area (Å²) in [6.45, 7) is 1.96. The highest BCUT2D eigenvalue weighted by atomic mass is 35.5. The lowest BCUT2D eigenvalue weighted by atomic mass is 10.1. The highest BCUT2D eigenvalue weighted by Gasteiger charge is 2.24. The fraction of sp³-hybridized carbons (Fsp3) is 0.115. The van der Waals surface area contributed by atoms with E-state index < -0.39 is 0 Å². The summed E-state index contributed by atoms with van der Waals surface area (Å²) in [5.41, 5.74) is 3.06. The van der Waals surface area contributed by atoms with Crippen molar-refractivity contribution in [2.45, 2.75) is 22.9 Å². The van der Waals surface area contributed by atoms with Crippen LogP contribution in [0, 0.1) is 0 Å². The SMILES string of the molecule is Clc1ccc(Sc2c3cccn(CCn4cccc4)c-3nc2-c2ccc3c(c2)OCO3)cc1. The minimum atomic E-state index is 0.251. The third-order valence-electron chi connectivity index (χ3n) is 5.66. The molecular weight excluding hydrogens is 454 g/mol. The molecule has 0 saturated carbocycles. The van der Waals surface area contributed by atoms with Gasteiger partial charge in [-0.2, -0.15) is 0 Å². The molecule has 7 heteroatoms. The van der Waals surface area contributed by atoms with Crippen molar-refractivity contribution in [2.24, 2.45) is 0 Å². The lowest BCUT2D eigenvalue weighted by molar-refractivity contribution is 0.174. The molecule has 33 heavy (non-hydrogen) atoms. The lowest BCUT2D eigenvalue weighted by Gasteiger charge is -2.12. The highest BCUT2D eigenvalue weighted by molar-refractivity contribution is 7.99. The molecule has 0 unspecified atom stereocenters. The molecule has 0 radical (unpaired) electrons. The molecule has 1 aromatic heterocycles. The Morgan fingerprint density at radius 2 is 1.70 bits per heavy atom. The second kappa shape index (κ2) is 8.54. The summed E-state index contributed by atoms with van der Waals surface area (Å²) in [6, 6.07) is 22.3. The van der Waals surface area contributed by atoms with Gasteiger partial charge in [0.15, 0.2) is 11.5 Å². The molecule has 2 aromatic carbocycles. The number of nitrogens with zero attached hydrogens (tertiary/aromatic N) is 3. The first kappa shape index (κ1) is 20.3. The molecule has 5 nitrogen and oxygen atoms in total. The van der Waals surface area contributed by atoms with Crippen molar-refractivity contribution >= 4 is 23.4 Å². The van der Waals surface area contributed by atoms with Gasteiger partial charge in [-0.15, -0.1) is 0 Å². The maximum atomic E-state index is 6.12. The minimum Gasteiger partial charge on any atom is -0.454 e. The lowest BCUT2D eigenvalue weighted by Crippen LogP contribution is -2.08. The summed E-state index contributed by atoms with van der Waals surface area (Å²) in [4.78, 5) is 7.35. The maximum Gasteiger partial charge on any atom is 0.231 e. The molecule has 0 spiro atoms. The standard InChI is InChI=1S/C26H20ClN3O2S/c27-19-6-8-20(9-7-19)33-25-21-4-3-13-30(15-14-29-11-1-2-12-29)26(21)28-24(25)18-5-10-22-23(16-18)32-17-31-22/h1-13,16H,14-15,17H2. The van der Waals surface area contributed by atoms with Crippen LogP contribution in [-0.4, -0.2) is 20.9 Å². The molecule has 0 amide bonds. The van der Waals surface area contributed by atoms with E-state index >= 15 is 0 Å². The Kier molecular flexibility index (Phi) is 5.24. The smallest absolute Gasteiger partial charge is 0.231 e. The van der Waals surface area contributed by atoms with E-state index in [4.69, 9.17) is 26.1 Å². The molecule has 0 atom stereocenters. The zero-order valence-corrected chi connectivity index (χ0v) is 19.2. The molecule has 4 heterocycles. The largest absolute Gasteiger partial charge is 0.454 e. The number of ether oxygens (including phenoxy) is 2. The van der Waals surface area contributed by atoms with Crippen molar-refractivity contribution in [1.29, 1.82) is 0 Å². The van der Waals surface area contributed by atoms with Crippen LogP contribution in [0.4, 0.5) is 0 Å². The van der Waals surface area contributed by atoms with E-state index in [2.05, 4.69) is 39.9 Å². The number of fused-ring (bicyclic) bond motifs is 2. The maximum absolute atomic E-state index is 6.12. The summed E-state index contributed by atoms with van der Waals surface area (Å²) in [7, 11) is 0. The van der Waals surface area contributed by atoms with Crippen LogP contribution in [0.5, 0.6) is 11.5 Å². The number of hydrogen-bond acceptors (Lipinski definition) is 4. The normalized spacial score (nSPS) is 12.5. The molecule has 6 rings (SSSR count). The molecule has 0 N–H and O–H groups in total. The van der Waals surface area contributed by atoms with E-state index in [1.165, 1.54) is 0 Å². The molecule has 0 bridgehead atoms. The van der Waals surface area contributed by atoms with Gasteiger partial charge < -0.3 is 18.6 Å². The van der Waals surface area contributed by atoms with Gasteiger partial charge in [-0.3, -0.25) is 0 Å². The van der Waals surface area contributed by atoms with Gasteiger partial charge in [0.1, 0.15) is 5.82 Å². The highest BCUT2D eigenvalue weighted by Crippen LogP contribution is 2.46. The van der Waals surface area contributed by atoms with Crippen molar-refractivity contribution in [3.63, 3.8) is 0 Å². The topological polar surface area (TPSA) is 41.2 Å². The van der Waals surface area contributed by atoms with Crippen LogP contribution in [0.2, 0.25) is 5.02 Å². The predicted molar refractivity (Wildman–Crippen MR) is 130 cm³/mol. The van der Waals surface area contributed by atoms with Gasteiger partial charge in [-0.25, -0.2) is 4.98 Å². The first-order chi connectivity index (χ1) is 16.2. The summed E-state index contributed by atoms with van der Waals surface area (Å²) in [5, 5.41) is 0.726. The van der Waals surface area contributed by atoms with E-state index in [1.54, 1.807) is 11.8 Å². The quantitative estimate of drug-likeness (QED) is 0.275. The van der Waals surface area contributed by atoms with Crippen molar-refractivity contribution in [1.82, 2.24) is 14.1 Å². The van der Waals surface area contributed by atoms with Crippen LogP contribution in [0.15, 0.2) is 95.1 Å². The average molecular weight is 474 g/mol. The molecule has 3 aromatic rings.